The molecule has 2 aromatic carbocycles. The molecule has 6 nitrogen and oxygen atoms in total. The number of pyridine rings is 1. The van der Waals surface area contributed by atoms with Crippen LogP contribution in [0.1, 0.15) is 17.3 Å². The van der Waals surface area contributed by atoms with Gasteiger partial charge in [-0.2, -0.15) is 4.31 Å². The lowest BCUT2D eigenvalue weighted by Gasteiger charge is -2.36. The first kappa shape index (κ1) is 22.5. The van der Waals surface area contributed by atoms with Crippen LogP contribution in [0.5, 0.6) is 0 Å². The third-order valence-corrected chi connectivity index (χ3v) is 7.59. The van der Waals surface area contributed by atoms with Crippen LogP contribution >= 0.6 is 0 Å². The second-order valence-electron chi connectivity index (χ2n) is 7.82. The molecular formula is C24H27FN4O2S. The van der Waals surface area contributed by atoms with E-state index >= 15 is 0 Å². The summed E-state index contributed by atoms with van der Waals surface area (Å²) in [5, 5.41) is 3.53. The van der Waals surface area contributed by atoms with Crippen LogP contribution in [0.15, 0.2) is 83.9 Å². The summed E-state index contributed by atoms with van der Waals surface area (Å²) >= 11 is 0. The van der Waals surface area contributed by atoms with E-state index < -0.39 is 10.0 Å². The van der Waals surface area contributed by atoms with Crippen LogP contribution in [0.25, 0.3) is 0 Å². The van der Waals surface area contributed by atoms with E-state index in [9.17, 15) is 12.8 Å². The Morgan fingerprint density at radius 2 is 1.59 bits per heavy atom. The number of nitrogens with zero attached hydrogens (tertiary/aromatic N) is 3. The van der Waals surface area contributed by atoms with E-state index in [-0.39, 0.29) is 11.9 Å². The van der Waals surface area contributed by atoms with Crippen LogP contribution in [0.3, 0.4) is 0 Å². The number of benzene rings is 2. The molecule has 3 aromatic rings. The molecule has 1 fully saturated rings. The Morgan fingerprint density at radius 1 is 0.906 bits per heavy atom. The van der Waals surface area contributed by atoms with Crippen LogP contribution in [-0.2, 0) is 16.6 Å². The quantitative estimate of drug-likeness (QED) is 0.567. The number of sulfonamides is 1. The topological polar surface area (TPSA) is 65.5 Å². The molecule has 0 saturated carbocycles. The summed E-state index contributed by atoms with van der Waals surface area (Å²) in [7, 11) is -3.48. The Labute approximate surface area is 188 Å². The number of nitrogens with one attached hydrogen (secondary N) is 1. The van der Waals surface area contributed by atoms with E-state index in [4.69, 9.17) is 0 Å². The largest absolute Gasteiger partial charge is 0.303 e. The number of piperazine rings is 1. The van der Waals surface area contributed by atoms with Gasteiger partial charge in [-0.1, -0.05) is 36.4 Å². The average molecular weight is 455 g/mol. The van der Waals surface area contributed by atoms with Crippen molar-refractivity contribution in [1.82, 2.24) is 19.5 Å². The second-order valence-corrected chi connectivity index (χ2v) is 9.76. The lowest BCUT2D eigenvalue weighted by atomic mass is 10.1. The molecule has 0 spiro atoms. The van der Waals surface area contributed by atoms with E-state index in [0.717, 1.165) is 11.3 Å². The Balaban J connectivity index is 1.41. The van der Waals surface area contributed by atoms with Gasteiger partial charge in [-0.15, -0.1) is 0 Å². The van der Waals surface area contributed by atoms with Gasteiger partial charge in [0.2, 0.25) is 10.0 Å². The van der Waals surface area contributed by atoms with Gasteiger partial charge in [0.15, 0.2) is 0 Å². The minimum atomic E-state index is -3.48. The van der Waals surface area contributed by atoms with Gasteiger partial charge in [-0.25, -0.2) is 12.8 Å². The summed E-state index contributed by atoms with van der Waals surface area (Å²) in [5.41, 5.74) is 1.92. The molecule has 0 amide bonds. The Bertz CT molecular complexity index is 1090. The van der Waals surface area contributed by atoms with Crippen LogP contribution < -0.4 is 5.32 Å². The zero-order chi connectivity index (χ0) is 22.4. The molecule has 1 N–H and O–H groups in total. The smallest absolute Gasteiger partial charge is 0.243 e. The first-order chi connectivity index (χ1) is 15.5. The predicted octanol–water partition coefficient (Wildman–Crippen LogP) is 3.06. The molecule has 1 atom stereocenters. The van der Waals surface area contributed by atoms with Crippen molar-refractivity contribution >= 4 is 10.0 Å². The average Bonchev–Trinajstić information content (AvgIpc) is 2.84. The number of aromatic nitrogens is 1. The van der Waals surface area contributed by atoms with Crippen LogP contribution in [0, 0.1) is 5.82 Å². The van der Waals surface area contributed by atoms with E-state index in [1.165, 1.54) is 12.1 Å². The second kappa shape index (κ2) is 10.3. The zero-order valence-electron chi connectivity index (χ0n) is 17.8. The monoisotopic (exact) mass is 454 g/mol. The maximum absolute atomic E-state index is 13.5. The zero-order valence-corrected chi connectivity index (χ0v) is 18.6. The molecule has 0 bridgehead atoms. The fourth-order valence-corrected chi connectivity index (χ4v) is 5.31. The summed E-state index contributed by atoms with van der Waals surface area (Å²) in [4.78, 5) is 6.94. The van der Waals surface area contributed by atoms with Gasteiger partial charge in [0, 0.05) is 51.5 Å². The first-order valence-corrected chi connectivity index (χ1v) is 12.1. The lowest BCUT2D eigenvalue weighted by molar-refractivity contribution is 0.171. The first-order valence-electron chi connectivity index (χ1n) is 10.7. The molecule has 1 aromatic heterocycles. The molecule has 2 heterocycles. The highest BCUT2D eigenvalue weighted by Crippen LogP contribution is 2.20. The maximum atomic E-state index is 13.5. The highest BCUT2D eigenvalue weighted by Gasteiger charge is 2.29. The van der Waals surface area contributed by atoms with E-state index in [1.807, 2.05) is 24.3 Å². The molecule has 0 aliphatic carbocycles. The summed E-state index contributed by atoms with van der Waals surface area (Å²) in [6.07, 6.45) is 1.76. The molecule has 1 aliphatic heterocycles. The molecule has 32 heavy (non-hydrogen) atoms. The van der Waals surface area contributed by atoms with Gasteiger partial charge in [-0.05, 0) is 42.0 Å². The molecule has 1 aliphatic rings. The van der Waals surface area contributed by atoms with E-state index in [1.54, 1.807) is 46.9 Å². The SMILES string of the molecule is O=S(=O)(c1ccccc1)N1CCN(CC(NCc2ccccn2)c2ccc(F)cc2)CC1. The summed E-state index contributed by atoms with van der Waals surface area (Å²) in [5.74, 6) is -0.267. The number of rotatable bonds is 8. The van der Waals surface area contributed by atoms with Crippen LogP contribution in [0.2, 0.25) is 0 Å². The summed E-state index contributed by atoms with van der Waals surface area (Å²) in [6, 6.07) is 20.8. The normalized spacial score (nSPS) is 16.7. The van der Waals surface area contributed by atoms with Crippen LogP contribution in [0.4, 0.5) is 4.39 Å². The predicted molar refractivity (Wildman–Crippen MR) is 122 cm³/mol. The summed E-state index contributed by atoms with van der Waals surface area (Å²) < 4.78 is 40.8. The molecule has 1 unspecified atom stereocenters. The molecule has 1 saturated heterocycles. The van der Waals surface area contributed by atoms with Gasteiger partial charge in [0.25, 0.3) is 0 Å². The minimum Gasteiger partial charge on any atom is -0.303 e. The Kier molecular flexibility index (Phi) is 7.26. The van der Waals surface area contributed by atoms with Crippen molar-refractivity contribution < 1.29 is 12.8 Å². The van der Waals surface area contributed by atoms with Crippen molar-refractivity contribution in [2.24, 2.45) is 0 Å². The van der Waals surface area contributed by atoms with E-state index in [2.05, 4.69) is 15.2 Å². The van der Waals surface area contributed by atoms with Gasteiger partial charge >= 0.3 is 0 Å². The van der Waals surface area contributed by atoms with Gasteiger partial charge in [-0.3, -0.25) is 9.88 Å². The third-order valence-electron chi connectivity index (χ3n) is 5.68. The lowest BCUT2D eigenvalue weighted by Crippen LogP contribution is -2.50. The van der Waals surface area contributed by atoms with Gasteiger partial charge in [0.1, 0.15) is 5.82 Å². The minimum absolute atomic E-state index is 0.0325. The Hall–Kier alpha value is -2.65. The van der Waals surface area contributed by atoms with Crippen molar-refractivity contribution in [3.63, 3.8) is 0 Å². The van der Waals surface area contributed by atoms with Crippen molar-refractivity contribution in [1.29, 1.82) is 0 Å². The number of hydrogen-bond acceptors (Lipinski definition) is 5. The number of halogens is 1. The van der Waals surface area contributed by atoms with Gasteiger partial charge in [0.05, 0.1) is 10.6 Å². The highest BCUT2D eigenvalue weighted by molar-refractivity contribution is 7.89. The maximum Gasteiger partial charge on any atom is 0.243 e. The van der Waals surface area contributed by atoms with Crippen molar-refractivity contribution in [3.8, 4) is 0 Å². The van der Waals surface area contributed by atoms with Crippen molar-refractivity contribution in [3.05, 3.63) is 96.1 Å². The molecule has 0 radical (unpaired) electrons. The molecule has 8 heteroatoms. The highest BCUT2D eigenvalue weighted by atomic mass is 32.2. The fourth-order valence-electron chi connectivity index (χ4n) is 3.87. The van der Waals surface area contributed by atoms with Crippen molar-refractivity contribution in [2.45, 2.75) is 17.5 Å². The third kappa shape index (κ3) is 5.58. The van der Waals surface area contributed by atoms with Crippen LogP contribution in [-0.4, -0.2) is 55.3 Å². The molecular weight excluding hydrogens is 427 g/mol. The van der Waals surface area contributed by atoms with Crippen molar-refractivity contribution in [2.75, 3.05) is 32.7 Å². The van der Waals surface area contributed by atoms with Gasteiger partial charge < -0.3 is 5.32 Å². The fraction of sp³-hybridized carbons (Fsp3) is 0.292. The molecule has 4 rings (SSSR count). The standard InChI is InChI=1S/C24H27FN4O2S/c25-21-11-9-20(10-12-21)24(27-18-22-6-4-5-13-26-22)19-28-14-16-29(17-15-28)32(30,31)23-7-2-1-3-8-23/h1-13,24,27H,14-19H2. The Morgan fingerprint density at radius 3 is 2.25 bits per heavy atom. The molecule has 168 valence electrons. The summed E-state index contributed by atoms with van der Waals surface area (Å²) in [6.45, 7) is 3.42. The van der Waals surface area contributed by atoms with E-state index in [0.29, 0.717) is 44.2 Å². The number of hydrogen-bond donors (Lipinski definition) is 1.